The van der Waals surface area contributed by atoms with Gasteiger partial charge in [0.05, 0.1) is 18.4 Å². The molecular weight excluding hydrogens is 421 g/mol. The minimum absolute atomic E-state index is 0.0480. The van der Waals surface area contributed by atoms with Crippen molar-refractivity contribution >= 4 is 69.7 Å². The van der Waals surface area contributed by atoms with E-state index in [1.807, 2.05) is 0 Å². The molecule has 10 heteroatoms. The first-order valence-corrected chi connectivity index (χ1v) is 9.03. The van der Waals surface area contributed by atoms with Gasteiger partial charge in [-0.15, -0.1) is 0 Å². The number of para-hydroxylation sites is 1. The van der Waals surface area contributed by atoms with Gasteiger partial charge in [-0.2, -0.15) is 0 Å². The van der Waals surface area contributed by atoms with Crippen molar-refractivity contribution in [3.05, 3.63) is 29.8 Å². The van der Waals surface area contributed by atoms with Crippen LogP contribution in [0, 0.1) is 5.41 Å². The van der Waals surface area contributed by atoms with Crippen LogP contribution in [0.15, 0.2) is 24.3 Å². The zero-order chi connectivity index (χ0) is 20.1. The third kappa shape index (κ3) is 6.79. The maximum atomic E-state index is 12.2. The van der Waals surface area contributed by atoms with Gasteiger partial charge in [-0.25, -0.2) is 4.79 Å². The fourth-order valence-corrected chi connectivity index (χ4v) is 2.27. The monoisotopic (exact) mass is 439 g/mol. The normalized spacial score (nSPS) is 12.7. The number of carbonyl (C=O) groups excluding carboxylic acids is 2. The summed E-state index contributed by atoms with van der Waals surface area (Å²) in [4.78, 5) is 24.0. The molecule has 0 saturated carbocycles. The summed E-state index contributed by atoms with van der Waals surface area (Å²) in [6.07, 6.45) is -1.09. The van der Waals surface area contributed by atoms with E-state index in [0.29, 0.717) is 5.69 Å². The second kappa shape index (κ2) is 9.08. The van der Waals surface area contributed by atoms with Crippen LogP contribution < -0.4 is 16.0 Å². The number of esters is 1. The van der Waals surface area contributed by atoms with E-state index in [4.69, 9.17) is 51.8 Å². The molecule has 0 unspecified atom stereocenters. The summed E-state index contributed by atoms with van der Waals surface area (Å²) in [5.41, 5.74) is -0.00655. The lowest BCUT2D eigenvalue weighted by Gasteiger charge is -2.30. The number of halogens is 3. The summed E-state index contributed by atoms with van der Waals surface area (Å²) in [5.74, 6) is -0.867. The molecule has 26 heavy (non-hydrogen) atoms. The molecule has 0 heterocycles. The van der Waals surface area contributed by atoms with E-state index in [1.165, 1.54) is 7.11 Å². The van der Waals surface area contributed by atoms with E-state index >= 15 is 0 Å². The Morgan fingerprint density at radius 1 is 1.12 bits per heavy atom. The first-order chi connectivity index (χ1) is 11.9. The second-order valence-electron chi connectivity index (χ2n) is 6.33. The molecule has 1 aromatic carbocycles. The minimum atomic E-state index is -1.87. The van der Waals surface area contributed by atoms with Gasteiger partial charge < -0.3 is 20.7 Å². The molecule has 144 valence electrons. The van der Waals surface area contributed by atoms with Crippen LogP contribution in [0.2, 0.25) is 0 Å². The molecule has 0 aliphatic carbocycles. The van der Waals surface area contributed by atoms with E-state index in [9.17, 15) is 9.59 Å². The molecule has 1 rings (SSSR count). The van der Waals surface area contributed by atoms with E-state index in [1.54, 1.807) is 45.0 Å². The van der Waals surface area contributed by atoms with Crippen LogP contribution in [0.25, 0.3) is 0 Å². The Hall–Kier alpha value is -1.28. The standard InChI is InChI=1S/C16H20Cl3N3O3S/c1-15(2,3)13(24)21-12(16(17,18)19)22-14(26)20-10-8-6-5-7-9(10)11(23)25-4/h5-8,12H,1-4H3,(H,21,24)(H2,20,22,26)/t12-/m1/s1. The average molecular weight is 441 g/mol. The van der Waals surface area contributed by atoms with Gasteiger partial charge in [0, 0.05) is 5.41 Å². The highest BCUT2D eigenvalue weighted by Gasteiger charge is 2.37. The fourth-order valence-electron chi connectivity index (χ4n) is 1.72. The van der Waals surface area contributed by atoms with Crippen molar-refractivity contribution in [3.8, 4) is 0 Å². The summed E-state index contributed by atoms with van der Waals surface area (Å²) in [7, 11) is 1.27. The van der Waals surface area contributed by atoms with E-state index < -0.39 is 21.3 Å². The predicted molar refractivity (Wildman–Crippen MR) is 109 cm³/mol. The lowest BCUT2D eigenvalue weighted by atomic mass is 9.95. The molecule has 3 N–H and O–H groups in total. The van der Waals surface area contributed by atoms with Crippen molar-refractivity contribution in [2.45, 2.75) is 30.7 Å². The molecule has 1 amide bonds. The van der Waals surface area contributed by atoms with E-state index in [0.717, 1.165) is 0 Å². The molecule has 0 aliphatic heterocycles. The third-order valence-corrected chi connectivity index (χ3v) is 4.01. The van der Waals surface area contributed by atoms with Gasteiger partial charge in [0.15, 0.2) is 5.11 Å². The van der Waals surface area contributed by atoms with Crippen molar-refractivity contribution in [1.29, 1.82) is 0 Å². The number of methoxy groups -OCH3 is 1. The molecule has 0 aromatic heterocycles. The molecule has 0 fully saturated rings. The molecule has 0 spiro atoms. The Morgan fingerprint density at radius 2 is 1.69 bits per heavy atom. The number of hydrogen-bond donors (Lipinski definition) is 3. The summed E-state index contributed by atoms with van der Waals surface area (Å²) in [6.45, 7) is 5.17. The summed E-state index contributed by atoms with van der Waals surface area (Å²) >= 11 is 23.0. The maximum absolute atomic E-state index is 12.2. The molecule has 1 aromatic rings. The maximum Gasteiger partial charge on any atom is 0.339 e. The Kier molecular flexibility index (Phi) is 7.95. The lowest BCUT2D eigenvalue weighted by molar-refractivity contribution is -0.129. The number of alkyl halides is 3. The number of anilines is 1. The Balaban J connectivity index is 2.92. The average Bonchev–Trinajstić information content (AvgIpc) is 2.52. The number of nitrogens with one attached hydrogen (secondary N) is 3. The lowest BCUT2D eigenvalue weighted by Crippen LogP contribution is -2.58. The molecule has 0 bridgehead atoms. The summed E-state index contributed by atoms with van der Waals surface area (Å²) in [6, 6.07) is 6.61. The Labute approximate surface area is 172 Å². The second-order valence-corrected chi connectivity index (χ2v) is 9.11. The van der Waals surface area contributed by atoms with E-state index in [-0.39, 0.29) is 16.6 Å². The van der Waals surface area contributed by atoms with Crippen LogP contribution in [-0.2, 0) is 9.53 Å². The highest BCUT2D eigenvalue weighted by Crippen LogP contribution is 2.30. The molecule has 1 atom stereocenters. The quantitative estimate of drug-likeness (QED) is 0.287. The first-order valence-electron chi connectivity index (χ1n) is 7.49. The van der Waals surface area contributed by atoms with Crippen molar-refractivity contribution in [2.75, 3.05) is 12.4 Å². The molecule has 0 radical (unpaired) electrons. The van der Waals surface area contributed by atoms with Crippen LogP contribution in [0.5, 0.6) is 0 Å². The van der Waals surface area contributed by atoms with Crippen molar-refractivity contribution < 1.29 is 14.3 Å². The number of rotatable bonds is 4. The SMILES string of the molecule is COC(=O)c1ccccc1NC(=S)N[C@@H](NC(=O)C(C)(C)C)C(Cl)(Cl)Cl. The smallest absolute Gasteiger partial charge is 0.339 e. The van der Waals surface area contributed by atoms with Crippen LogP contribution in [-0.4, -0.2) is 34.1 Å². The fraction of sp³-hybridized carbons (Fsp3) is 0.438. The third-order valence-electron chi connectivity index (χ3n) is 3.14. The largest absolute Gasteiger partial charge is 0.465 e. The molecular formula is C16H20Cl3N3O3S. The number of ether oxygens (including phenoxy) is 1. The number of carbonyl (C=O) groups is 2. The topological polar surface area (TPSA) is 79.5 Å². The number of amides is 1. The van der Waals surface area contributed by atoms with E-state index in [2.05, 4.69) is 16.0 Å². The van der Waals surface area contributed by atoms with Gasteiger partial charge >= 0.3 is 5.97 Å². The van der Waals surface area contributed by atoms with Crippen LogP contribution >= 0.6 is 47.0 Å². The van der Waals surface area contributed by atoms with Gasteiger partial charge in [0.2, 0.25) is 9.70 Å². The van der Waals surface area contributed by atoms with Crippen LogP contribution in [0.3, 0.4) is 0 Å². The Bertz CT molecular complexity index is 687. The van der Waals surface area contributed by atoms with Crippen LogP contribution in [0.4, 0.5) is 5.69 Å². The van der Waals surface area contributed by atoms with Crippen molar-refractivity contribution in [2.24, 2.45) is 5.41 Å². The highest BCUT2D eigenvalue weighted by molar-refractivity contribution is 7.80. The van der Waals surface area contributed by atoms with Gasteiger partial charge in [0.25, 0.3) is 0 Å². The van der Waals surface area contributed by atoms with Gasteiger partial charge in [-0.3, -0.25) is 4.79 Å². The summed E-state index contributed by atoms with van der Waals surface area (Å²) < 4.78 is 2.85. The highest BCUT2D eigenvalue weighted by atomic mass is 35.6. The Morgan fingerprint density at radius 3 is 2.19 bits per heavy atom. The van der Waals surface area contributed by atoms with Gasteiger partial charge in [-0.1, -0.05) is 67.7 Å². The number of benzene rings is 1. The zero-order valence-electron chi connectivity index (χ0n) is 14.7. The van der Waals surface area contributed by atoms with Gasteiger partial charge in [0.1, 0.15) is 6.17 Å². The van der Waals surface area contributed by atoms with Crippen LogP contribution in [0.1, 0.15) is 31.1 Å². The zero-order valence-corrected chi connectivity index (χ0v) is 17.7. The molecule has 0 aliphatic rings. The molecule has 0 saturated heterocycles. The predicted octanol–water partition coefficient (Wildman–Crippen LogP) is 3.62. The minimum Gasteiger partial charge on any atom is -0.465 e. The van der Waals surface area contributed by atoms with Crippen molar-refractivity contribution in [1.82, 2.24) is 10.6 Å². The first kappa shape index (κ1) is 22.8. The summed E-state index contributed by atoms with van der Waals surface area (Å²) in [5, 5.41) is 8.21. The number of hydrogen-bond acceptors (Lipinski definition) is 4. The molecule has 6 nitrogen and oxygen atoms in total. The van der Waals surface area contributed by atoms with Crippen molar-refractivity contribution in [3.63, 3.8) is 0 Å². The van der Waals surface area contributed by atoms with Gasteiger partial charge in [-0.05, 0) is 24.4 Å². The number of thiocarbonyl (C=S) groups is 1.